The number of likely N-dealkylation sites (tertiary alicyclic amines) is 1. The Labute approximate surface area is 170 Å². The molecule has 0 bridgehead atoms. The molecule has 1 aliphatic rings. The van der Waals surface area contributed by atoms with Gasteiger partial charge in [0.05, 0.1) is 5.52 Å². The fourth-order valence-corrected chi connectivity index (χ4v) is 4.28. The van der Waals surface area contributed by atoms with Crippen molar-refractivity contribution < 1.29 is 9.59 Å². The van der Waals surface area contributed by atoms with Crippen molar-refractivity contribution in [1.82, 2.24) is 20.4 Å². The van der Waals surface area contributed by atoms with Gasteiger partial charge in [-0.25, -0.2) is 0 Å². The first-order valence-corrected chi connectivity index (χ1v) is 9.94. The second-order valence-corrected chi connectivity index (χ2v) is 8.48. The first-order valence-electron chi connectivity index (χ1n) is 9.94. The van der Waals surface area contributed by atoms with Crippen LogP contribution in [0, 0.1) is 5.41 Å². The predicted molar refractivity (Wildman–Crippen MR) is 113 cm³/mol. The molecule has 0 radical (unpaired) electrons. The molecule has 1 aliphatic heterocycles. The maximum absolute atomic E-state index is 13.1. The first-order chi connectivity index (χ1) is 13.9. The highest BCUT2D eigenvalue weighted by atomic mass is 16.2. The molecule has 2 N–H and O–H groups in total. The third-order valence-electron chi connectivity index (χ3n) is 5.86. The lowest BCUT2D eigenvalue weighted by Crippen LogP contribution is -2.46. The Morgan fingerprint density at radius 2 is 1.83 bits per heavy atom. The monoisotopic (exact) mass is 390 g/mol. The molecule has 2 heterocycles. The molecule has 1 fully saturated rings. The highest BCUT2D eigenvalue weighted by molar-refractivity contribution is 6.05. The number of carbonyl (C=O) groups is 2. The zero-order valence-corrected chi connectivity index (χ0v) is 17.0. The zero-order chi connectivity index (χ0) is 20.6. The number of hydrogen-bond acceptors (Lipinski definition) is 3. The summed E-state index contributed by atoms with van der Waals surface area (Å²) in [5.74, 6) is -0.142. The molecule has 2 amide bonds. The lowest BCUT2D eigenvalue weighted by atomic mass is 9.78. The number of benzene rings is 2. The van der Waals surface area contributed by atoms with E-state index in [2.05, 4.69) is 41.5 Å². The van der Waals surface area contributed by atoms with Gasteiger partial charge < -0.3 is 10.2 Å². The normalized spacial score (nSPS) is 19.3. The molecule has 6 nitrogen and oxygen atoms in total. The van der Waals surface area contributed by atoms with E-state index in [-0.39, 0.29) is 23.1 Å². The Morgan fingerprint density at radius 3 is 2.59 bits per heavy atom. The van der Waals surface area contributed by atoms with Crippen molar-refractivity contribution in [3.63, 3.8) is 0 Å². The summed E-state index contributed by atoms with van der Waals surface area (Å²) < 4.78 is 0. The summed E-state index contributed by atoms with van der Waals surface area (Å²) in [6, 6.07) is 17.1. The molecule has 2 aromatic carbocycles. The summed E-state index contributed by atoms with van der Waals surface area (Å²) in [6.07, 6.45) is 0. The molecular weight excluding hydrogens is 364 g/mol. The average Bonchev–Trinajstić information content (AvgIpc) is 3.28. The van der Waals surface area contributed by atoms with E-state index >= 15 is 0 Å². The number of nitrogens with one attached hydrogen (secondary N) is 2. The van der Waals surface area contributed by atoms with Gasteiger partial charge in [0.15, 0.2) is 5.69 Å². The largest absolute Gasteiger partial charge is 0.340 e. The Kier molecular flexibility index (Phi) is 4.86. The van der Waals surface area contributed by atoms with Crippen LogP contribution in [-0.2, 0) is 4.79 Å². The number of hydrogen-bond donors (Lipinski definition) is 2. The lowest BCUT2D eigenvalue weighted by molar-refractivity contribution is -0.132. The number of amides is 2. The maximum atomic E-state index is 13.1. The fraction of sp³-hybridized carbons (Fsp3) is 0.348. The molecule has 1 saturated heterocycles. The minimum absolute atomic E-state index is 0.0286. The van der Waals surface area contributed by atoms with E-state index < -0.39 is 6.04 Å². The molecular formula is C23H26N4O2. The van der Waals surface area contributed by atoms with Gasteiger partial charge in [-0.15, -0.1) is 0 Å². The number of H-pyrrole nitrogens is 1. The third-order valence-corrected chi connectivity index (χ3v) is 5.86. The van der Waals surface area contributed by atoms with Crippen LogP contribution in [0.4, 0.5) is 0 Å². The van der Waals surface area contributed by atoms with Gasteiger partial charge in [0.1, 0.15) is 6.04 Å². The lowest BCUT2D eigenvalue weighted by Gasteiger charge is -2.25. The molecule has 0 saturated carbocycles. The standard InChI is InChI=1S/C23H26N4O2/c1-15(24-21(28)20-17-11-7-8-12-19(17)25-26-20)22(29)27-13-18(23(2,3)14-27)16-9-5-4-6-10-16/h4-12,15,18H,13-14H2,1-3H3,(H,24,28)(H,25,26). The smallest absolute Gasteiger partial charge is 0.273 e. The van der Waals surface area contributed by atoms with E-state index in [1.165, 1.54) is 5.56 Å². The van der Waals surface area contributed by atoms with Crippen LogP contribution in [0.1, 0.15) is 42.7 Å². The Morgan fingerprint density at radius 1 is 1.14 bits per heavy atom. The number of nitrogens with zero attached hydrogens (tertiary/aromatic N) is 2. The molecule has 0 spiro atoms. The van der Waals surface area contributed by atoms with Crippen LogP contribution in [0.2, 0.25) is 0 Å². The minimum atomic E-state index is -0.622. The third kappa shape index (κ3) is 3.62. The van der Waals surface area contributed by atoms with E-state index in [0.717, 1.165) is 10.9 Å². The van der Waals surface area contributed by atoms with Crippen LogP contribution in [0.3, 0.4) is 0 Å². The van der Waals surface area contributed by atoms with Gasteiger partial charge in [0.2, 0.25) is 5.91 Å². The summed E-state index contributed by atoms with van der Waals surface area (Å²) in [7, 11) is 0. The van der Waals surface area contributed by atoms with Crippen molar-refractivity contribution in [2.45, 2.75) is 32.7 Å². The molecule has 6 heteroatoms. The van der Waals surface area contributed by atoms with Crippen molar-refractivity contribution in [2.24, 2.45) is 5.41 Å². The summed E-state index contributed by atoms with van der Waals surface area (Å²) in [5.41, 5.74) is 2.32. The number of aromatic amines is 1. The SMILES string of the molecule is CC(NC(=O)c1n[nH]c2ccccc12)C(=O)N1CC(c2ccccc2)C(C)(C)C1. The summed E-state index contributed by atoms with van der Waals surface area (Å²) in [5, 5.41) is 10.5. The van der Waals surface area contributed by atoms with E-state index in [1.807, 2.05) is 47.4 Å². The van der Waals surface area contributed by atoms with Crippen LogP contribution in [0.25, 0.3) is 10.9 Å². The number of para-hydroxylation sites is 1. The quantitative estimate of drug-likeness (QED) is 0.717. The molecule has 2 unspecified atom stereocenters. The van der Waals surface area contributed by atoms with Crippen LogP contribution in [-0.4, -0.2) is 46.0 Å². The highest BCUT2D eigenvalue weighted by Gasteiger charge is 2.42. The van der Waals surface area contributed by atoms with Crippen LogP contribution < -0.4 is 5.32 Å². The van der Waals surface area contributed by atoms with Gasteiger partial charge in [0, 0.05) is 24.4 Å². The Hall–Kier alpha value is -3.15. The van der Waals surface area contributed by atoms with Gasteiger partial charge in [-0.2, -0.15) is 5.10 Å². The first kappa shape index (κ1) is 19.2. The van der Waals surface area contributed by atoms with Crippen molar-refractivity contribution in [2.75, 3.05) is 13.1 Å². The summed E-state index contributed by atoms with van der Waals surface area (Å²) in [6.45, 7) is 7.43. The van der Waals surface area contributed by atoms with Crippen LogP contribution >= 0.6 is 0 Å². The summed E-state index contributed by atoms with van der Waals surface area (Å²) >= 11 is 0. The van der Waals surface area contributed by atoms with Crippen molar-refractivity contribution in [1.29, 1.82) is 0 Å². The molecule has 0 aliphatic carbocycles. The molecule has 29 heavy (non-hydrogen) atoms. The number of carbonyl (C=O) groups excluding carboxylic acids is 2. The average molecular weight is 390 g/mol. The van der Waals surface area contributed by atoms with Gasteiger partial charge in [-0.1, -0.05) is 62.4 Å². The minimum Gasteiger partial charge on any atom is -0.340 e. The van der Waals surface area contributed by atoms with Gasteiger partial charge in [0.25, 0.3) is 5.91 Å². The topological polar surface area (TPSA) is 78.1 Å². The second-order valence-electron chi connectivity index (χ2n) is 8.48. The predicted octanol–water partition coefficient (Wildman–Crippen LogP) is 3.33. The maximum Gasteiger partial charge on any atom is 0.273 e. The molecule has 4 rings (SSSR count). The Bertz CT molecular complexity index is 1040. The van der Waals surface area contributed by atoms with Gasteiger partial charge in [-0.05, 0) is 24.0 Å². The Balaban J connectivity index is 1.46. The van der Waals surface area contributed by atoms with Crippen LogP contribution in [0.5, 0.6) is 0 Å². The zero-order valence-electron chi connectivity index (χ0n) is 17.0. The van der Waals surface area contributed by atoms with E-state index in [4.69, 9.17) is 0 Å². The van der Waals surface area contributed by atoms with Crippen LogP contribution in [0.15, 0.2) is 54.6 Å². The second kappa shape index (κ2) is 7.35. The van der Waals surface area contributed by atoms with E-state index in [1.54, 1.807) is 6.92 Å². The van der Waals surface area contributed by atoms with Crippen molar-refractivity contribution in [3.8, 4) is 0 Å². The fourth-order valence-electron chi connectivity index (χ4n) is 4.28. The van der Waals surface area contributed by atoms with Gasteiger partial charge in [-0.3, -0.25) is 14.7 Å². The highest BCUT2D eigenvalue weighted by Crippen LogP contribution is 2.42. The van der Waals surface area contributed by atoms with Gasteiger partial charge >= 0.3 is 0 Å². The number of fused-ring (bicyclic) bond motifs is 1. The number of rotatable bonds is 4. The summed E-state index contributed by atoms with van der Waals surface area (Å²) in [4.78, 5) is 27.6. The molecule has 3 aromatic rings. The molecule has 150 valence electrons. The molecule has 1 aromatic heterocycles. The van der Waals surface area contributed by atoms with Crippen molar-refractivity contribution in [3.05, 3.63) is 65.9 Å². The number of aromatic nitrogens is 2. The van der Waals surface area contributed by atoms with Crippen molar-refractivity contribution >= 4 is 22.7 Å². The van der Waals surface area contributed by atoms with E-state index in [9.17, 15) is 9.59 Å². The molecule has 2 atom stereocenters. The van der Waals surface area contributed by atoms with E-state index in [0.29, 0.717) is 18.8 Å².